The van der Waals surface area contributed by atoms with Crippen LogP contribution in [0.1, 0.15) is 22.4 Å². The second kappa shape index (κ2) is 8.43. The molecule has 0 bridgehead atoms. The first-order chi connectivity index (χ1) is 14.8. The Morgan fingerprint density at radius 3 is 2.81 bits per heavy atom. The van der Waals surface area contributed by atoms with Crippen molar-refractivity contribution < 1.29 is 29.3 Å². The van der Waals surface area contributed by atoms with Crippen LogP contribution in [0, 0.1) is 0 Å². The summed E-state index contributed by atoms with van der Waals surface area (Å²) in [6.45, 7) is -0.327. The number of nitrogens with zero attached hydrogens (tertiary/aromatic N) is 3. The lowest BCUT2D eigenvalue weighted by Crippen LogP contribution is -2.38. The number of aliphatic hydroxyl groups is 2. The van der Waals surface area contributed by atoms with E-state index in [1.807, 2.05) is 24.3 Å². The van der Waals surface area contributed by atoms with Gasteiger partial charge in [-0.15, -0.1) is 5.10 Å². The number of ether oxygens (including phenoxy) is 2. The lowest BCUT2D eigenvalue weighted by molar-refractivity contribution is -0.151. The number of esters is 1. The number of carbonyl (C=O) groups excluding carboxylic acids is 2. The largest absolute Gasteiger partial charge is 0.462 e. The first-order valence-electron chi connectivity index (χ1n) is 9.55. The molecule has 0 saturated carbocycles. The number of hydrogen-bond acceptors (Lipinski definition) is 9. The molecule has 0 aliphatic carbocycles. The third-order valence-electron chi connectivity index (χ3n) is 5.13. The van der Waals surface area contributed by atoms with Crippen molar-refractivity contribution in [3.8, 4) is 0 Å². The van der Waals surface area contributed by atoms with Crippen molar-refractivity contribution in [3.63, 3.8) is 0 Å². The van der Waals surface area contributed by atoms with Gasteiger partial charge in [-0.2, -0.15) is 0 Å². The van der Waals surface area contributed by atoms with Crippen LogP contribution in [0.15, 0.2) is 36.8 Å². The molecule has 7 N–H and O–H groups in total. The number of rotatable bonds is 7. The lowest BCUT2D eigenvalue weighted by Gasteiger charge is -2.16. The van der Waals surface area contributed by atoms with E-state index in [0.29, 0.717) is 0 Å². The average molecular weight is 430 g/mol. The fourth-order valence-corrected chi connectivity index (χ4v) is 3.49. The van der Waals surface area contributed by atoms with Gasteiger partial charge in [0.15, 0.2) is 6.23 Å². The van der Waals surface area contributed by atoms with Crippen LogP contribution >= 0.6 is 0 Å². The van der Waals surface area contributed by atoms with Crippen molar-refractivity contribution in [2.45, 2.75) is 37.0 Å². The van der Waals surface area contributed by atoms with Gasteiger partial charge in [0, 0.05) is 23.5 Å². The maximum absolute atomic E-state index is 12.3. The van der Waals surface area contributed by atoms with Gasteiger partial charge in [0.25, 0.3) is 5.91 Å². The van der Waals surface area contributed by atoms with Gasteiger partial charge < -0.3 is 36.1 Å². The molecule has 0 unspecified atom stereocenters. The standard InChI is InChI=1S/C19H22N6O6/c20-11(5-9-6-22-12-4-2-1-3-10(9)12)19(29)30-7-13-14(26)15(27)18(31-13)25-8-23-17(24-25)16(21)28/h1-4,6,8,11,13-15,18,22,26-27H,5,7,20H2,(H2,21,28)/t11-,13-,14-,15-,18-/m1/s1. The highest BCUT2D eigenvalue weighted by Crippen LogP contribution is 2.29. The van der Waals surface area contributed by atoms with Crippen LogP contribution < -0.4 is 11.5 Å². The van der Waals surface area contributed by atoms with Crippen molar-refractivity contribution in [3.05, 3.63) is 48.2 Å². The number of amides is 1. The number of H-pyrrole nitrogens is 1. The Kier molecular flexibility index (Phi) is 5.69. The van der Waals surface area contributed by atoms with Crippen LogP contribution in [0.5, 0.6) is 0 Å². The Morgan fingerprint density at radius 2 is 2.06 bits per heavy atom. The summed E-state index contributed by atoms with van der Waals surface area (Å²) in [5, 5.41) is 25.2. The van der Waals surface area contributed by atoms with Crippen LogP contribution in [0.3, 0.4) is 0 Å². The van der Waals surface area contributed by atoms with Gasteiger partial charge >= 0.3 is 5.97 Å². The molecule has 3 heterocycles. The van der Waals surface area contributed by atoms with E-state index in [1.54, 1.807) is 6.20 Å². The van der Waals surface area contributed by atoms with Gasteiger partial charge in [-0.1, -0.05) is 18.2 Å². The Labute approximate surface area is 175 Å². The predicted octanol–water partition coefficient (Wildman–Crippen LogP) is -1.41. The zero-order valence-corrected chi connectivity index (χ0v) is 16.3. The SMILES string of the molecule is NC(=O)c1ncn([C@@H]2O[C@H](COC(=O)[C@H](N)Cc3c[nH]c4ccccc34)[C@@H](O)[C@H]2O)n1. The zero-order valence-electron chi connectivity index (χ0n) is 16.3. The average Bonchev–Trinajstić information content (AvgIpc) is 3.46. The molecule has 4 rings (SSSR count). The molecule has 0 radical (unpaired) electrons. The summed E-state index contributed by atoms with van der Waals surface area (Å²) in [5.41, 5.74) is 12.9. The quantitative estimate of drug-likeness (QED) is 0.280. The van der Waals surface area contributed by atoms with E-state index in [1.165, 1.54) is 0 Å². The normalized spacial score (nSPS) is 24.4. The van der Waals surface area contributed by atoms with Crippen molar-refractivity contribution in [1.29, 1.82) is 0 Å². The van der Waals surface area contributed by atoms with E-state index in [4.69, 9.17) is 20.9 Å². The molecule has 12 heteroatoms. The lowest BCUT2D eigenvalue weighted by atomic mass is 10.1. The van der Waals surface area contributed by atoms with Crippen LogP contribution in [0.2, 0.25) is 0 Å². The van der Waals surface area contributed by atoms with Crippen molar-refractivity contribution in [2.75, 3.05) is 6.61 Å². The van der Waals surface area contributed by atoms with E-state index in [0.717, 1.165) is 27.5 Å². The summed E-state index contributed by atoms with van der Waals surface area (Å²) in [7, 11) is 0. The fraction of sp³-hybridized carbons (Fsp3) is 0.368. The molecule has 1 aliphatic heterocycles. The third kappa shape index (κ3) is 4.14. The number of nitrogens with one attached hydrogen (secondary N) is 1. The molecule has 1 aromatic carbocycles. The highest BCUT2D eigenvalue weighted by atomic mass is 16.6. The molecule has 5 atom stereocenters. The van der Waals surface area contributed by atoms with Gasteiger partial charge in [-0.3, -0.25) is 9.59 Å². The second-order valence-electron chi connectivity index (χ2n) is 7.26. The van der Waals surface area contributed by atoms with E-state index >= 15 is 0 Å². The molecule has 1 fully saturated rings. The summed E-state index contributed by atoms with van der Waals surface area (Å²) in [6, 6.07) is 6.72. The maximum atomic E-state index is 12.3. The van der Waals surface area contributed by atoms with Gasteiger partial charge in [0.05, 0.1) is 0 Å². The smallest absolute Gasteiger partial charge is 0.323 e. The molecule has 1 saturated heterocycles. The zero-order chi connectivity index (χ0) is 22.1. The number of benzene rings is 1. The van der Waals surface area contributed by atoms with E-state index in [-0.39, 0.29) is 18.9 Å². The Hall–Kier alpha value is -3.32. The molecule has 2 aromatic heterocycles. The number of nitrogens with two attached hydrogens (primary N) is 2. The highest BCUT2D eigenvalue weighted by molar-refractivity contribution is 5.88. The number of carbonyl (C=O) groups is 2. The van der Waals surface area contributed by atoms with E-state index in [9.17, 15) is 19.8 Å². The van der Waals surface area contributed by atoms with Crippen LogP contribution in [-0.2, 0) is 20.7 Å². The van der Waals surface area contributed by atoms with Crippen molar-refractivity contribution >= 4 is 22.8 Å². The molecule has 0 spiro atoms. The number of para-hydroxylation sites is 1. The van der Waals surface area contributed by atoms with Gasteiger partial charge in [0.2, 0.25) is 5.82 Å². The highest BCUT2D eigenvalue weighted by Gasteiger charge is 2.45. The molecule has 1 aliphatic rings. The molecule has 31 heavy (non-hydrogen) atoms. The van der Waals surface area contributed by atoms with Crippen LogP contribution in [0.25, 0.3) is 10.9 Å². The van der Waals surface area contributed by atoms with E-state index in [2.05, 4.69) is 15.1 Å². The molecule has 164 valence electrons. The third-order valence-corrected chi connectivity index (χ3v) is 5.13. The minimum absolute atomic E-state index is 0.261. The number of aliphatic hydroxyl groups excluding tert-OH is 2. The molecular weight excluding hydrogens is 408 g/mol. The van der Waals surface area contributed by atoms with Gasteiger partial charge in [0.1, 0.15) is 37.3 Å². The first-order valence-corrected chi connectivity index (χ1v) is 9.55. The van der Waals surface area contributed by atoms with Gasteiger partial charge in [-0.05, 0) is 11.6 Å². The molecule has 3 aromatic rings. The Balaban J connectivity index is 1.34. The summed E-state index contributed by atoms with van der Waals surface area (Å²) in [5.74, 6) is -1.78. The summed E-state index contributed by atoms with van der Waals surface area (Å²) >= 11 is 0. The topological polar surface area (TPSA) is 192 Å². The molecule has 12 nitrogen and oxygen atoms in total. The molecular formula is C19H22N6O6. The summed E-state index contributed by atoms with van der Waals surface area (Å²) in [4.78, 5) is 30.3. The maximum Gasteiger partial charge on any atom is 0.323 e. The van der Waals surface area contributed by atoms with E-state index < -0.39 is 42.5 Å². The number of aromatic amines is 1. The summed E-state index contributed by atoms with van der Waals surface area (Å²) in [6.07, 6.45) is -1.69. The minimum atomic E-state index is -1.38. The van der Waals surface area contributed by atoms with Crippen LogP contribution in [-0.4, -0.2) is 72.8 Å². The Bertz CT molecular complexity index is 1100. The number of fused-ring (bicyclic) bond motifs is 1. The number of aromatic nitrogens is 4. The predicted molar refractivity (Wildman–Crippen MR) is 105 cm³/mol. The minimum Gasteiger partial charge on any atom is -0.462 e. The van der Waals surface area contributed by atoms with Crippen LogP contribution in [0.4, 0.5) is 0 Å². The summed E-state index contributed by atoms with van der Waals surface area (Å²) < 4.78 is 11.8. The van der Waals surface area contributed by atoms with Crippen molar-refractivity contribution in [1.82, 2.24) is 19.7 Å². The Morgan fingerprint density at radius 1 is 1.29 bits per heavy atom. The fourth-order valence-electron chi connectivity index (χ4n) is 3.49. The second-order valence-corrected chi connectivity index (χ2v) is 7.26. The number of primary amides is 1. The van der Waals surface area contributed by atoms with Gasteiger partial charge in [-0.25, -0.2) is 9.67 Å². The molecule has 1 amide bonds. The monoisotopic (exact) mass is 430 g/mol. The van der Waals surface area contributed by atoms with Crippen molar-refractivity contribution in [2.24, 2.45) is 11.5 Å². The number of hydrogen-bond donors (Lipinski definition) is 5. The first kappa shape index (κ1) is 20.9.